The van der Waals surface area contributed by atoms with Gasteiger partial charge in [0.2, 0.25) is 0 Å². The number of rotatable bonds is 6. The number of nitrogens with zero attached hydrogens (tertiary/aromatic N) is 3. The van der Waals surface area contributed by atoms with Crippen LogP contribution in [0.2, 0.25) is 0 Å². The van der Waals surface area contributed by atoms with Crippen LogP contribution < -0.4 is 10.2 Å². The second kappa shape index (κ2) is 12.1. The van der Waals surface area contributed by atoms with Gasteiger partial charge in [0.05, 0.1) is 18.9 Å². The van der Waals surface area contributed by atoms with E-state index in [1.807, 2.05) is 18.0 Å². The van der Waals surface area contributed by atoms with Crippen molar-refractivity contribution in [1.82, 2.24) is 10.3 Å². The van der Waals surface area contributed by atoms with Gasteiger partial charge in [0.1, 0.15) is 5.52 Å². The number of carbonyl (C=O) groups excluding carboxylic acids is 1. The van der Waals surface area contributed by atoms with Gasteiger partial charge in [-0.3, -0.25) is 9.79 Å². The van der Waals surface area contributed by atoms with Crippen LogP contribution in [-0.2, 0) is 4.74 Å². The molecule has 3 rings (SSSR count). The number of aliphatic imine (C=N–C) groups is 1. The van der Waals surface area contributed by atoms with Gasteiger partial charge >= 0.3 is 0 Å². The van der Waals surface area contributed by atoms with Crippen LogP contribution in [-0.4, -0.2) is 63.9 Å². The van der Waals surface area contributed by atoms with E-state index in [9.17, 15) is 4.79 Å². The molecule has 1 aliphatic heterocycles. The largest absolute Gasteiger partial charge is 0.423 e. The minimum absolute atomic E-state index is 0. The molecular weight excluding hydrogens is 368 g/mol. The van der Waals surface area contributed by atoms with E-state index in [2.05, 4.69) is 35.7 Å². The van der Waals surface area contributed by atoms with Crippen LogP contribution in [0.4, 0.5) is 6.01 Å². The number of anilines is 1. The number of benzene rings is 1. The molecule has 1 aromatic heterocycles. The molecule has 0 saturated carbocycles. The van der Waals surface area contributed by atoms with E-state index >= 15 is 0 Å². The predicted octanol–water partition coefficient (Wildman–Crippen LogP) is 3.60. The summed E-state index contributed by atoms with van der Waals surface area (Å²) in [6.45, 7) is 11.9. The average Bonchev–Trinajstić information content (AvgIpc) is 3.17. The first kappa shape index (κ1) is 24.5. The Morgan fingerprint density at radius 3 is 2.62 bits per heavy atom. The number of aldehydes is 1. The average molecular weight is 403 g/mol. The van der Waals surface area contributed by atoms with Gasteiger partial charge in [-0.15, -0.1) is 0 Å². The number of hydrogen-bond donors (Lipinski definition) is 1. The fraction of sp³-hybridized carbons (Fsp3) is 0.500. The van der Waals surface area contributed by atoms with Crippen LogP contribution in [0.5, 0.6) is 0 Å². The van der Waals surface area contributed by atoms with Gasteiger partial charge in [0.25, 0.3) is 6.01 Å². The molecule has 0 spiro atoms. The Morgan fingerprint density at radius 2 is 2.07 bits per heavy atom. The zero-order valence-electron chi connectivity index (χ0n) is 17.2. The summed E-state index contributed by atoms with van der Waals surface area (Å²) in [5.41, 5.74) is 4.04. The maximum absolute atomic E-state index is 10.9. The standard InChI is InChI=1S/C12H12N2O3.C9H18N2.CH4/c15-8-9-2-1-3-10-11(9)13-12(17-10)14-4-6-16-7-5-14;1-7(2)8(3)9(11-5)6-10-4;/h1-3,8H,4-7H2;7,10H,3,6H2,1-2,4-5H3;1H4. The molecule has 7 heteroatoms. The minimum Gasteiger partial charge on any atom is -0.423 e. The zero-order valence-corrected chi connectivity index (χ0v) is 17.2. The molecule has 0 unspecified atom stereocenters. The van der Waals surface area contributed by atoms with E-state index in [4.69, 9.17) is 9.15 Å². The monoisotopic (exact) mass is 402 g/mol. The van der Waals surface area contributed by atoms with Crippen molar-refractivity contribution >= 4 is 29.1 Å². The van der Waals surface area contributed by atoms with E-state index in [0.29, 0.717) is 41.8 Å². The number of ether oxygens (including phenoxy) is 1. The molecule has 2 aromatic rings. The SMILES string of the molecule is C.C=C(C(CNC)=NC)C(C)C.O=Cc1cccc2oc(N3CCOCC3)nc12. The molecule has 1 fully saturated rings. The van der Waals surface area contributed by atoms with E-state index in [1.165, 1.54) is 0 Å². The minimum atomic E-state index is 0. The first-order valence-corrected chi connectivity index (χ1v) is 9.48. The van der Waals surface area contributed by atoms with E-state index < -0.39 is 0 Å². The lowest BCUT2D eigenvalue weighted by molar-refractivity contribution is 0.112. The second-order valence-electron chi connectivity index (χ2n) is 6.79. The zero-order chi connectivity index (χ0) is 20.5. The molecule has 1 N–H and O–H groups in total. The fourth-order valence-corrected chi connectivity index (χ4v) is 2.78. The van der Waals surface area contributed by atoms with Crippen LogP contribution in [0, 0.1) is 5.92 Å². The Balaban J connectivity index is 0.000000310. The summed E-state index contributed by atoms with van der Waals surface area (Å²) in [6, 6.07) is 5.92. The summed E-state index contributed by atoms with van der Waals surface area (Å²) in [4.78, 5) is 21.4. The smallest absolute Gasteiger partial charge is 0.298 e. The predicted molar refractivity (Wildman–Crippen MR) is 120 cm³/mol. The molecule has 1 saturated heterocycles. The molecule has 0 bridgehead atoms. The lowest BCUT2D eigenvalue weighted by atomic mass is 10.0. The molecular formula is C22H34N4O3. The van der Waals surface area contributed by atoms with Gasteiger partial charge in [-0.25, -0.2) is 0 Å². The summed E-state index contributed by atoms with van der Waals surface area (Å²) in [5.74, 6) is 0.488. The molecule has 0 atom stereocenters. The van der Waals surface area contributed by atoms with Crippen molar-refractivity contribution in [3.63, 3.8) is 0 Å². The Bertz CT molecular complexity index is 821. The molecule has 7 nitrogen and oxygen atoms in total. The summed E-state index contributed by atoms with van der Waals surface area (Å²) in [5, 5.41) is 3.06. The topological polar surface area (TPSA) is 80.0 Å². The first-order chi connectivity index (χ1) is 13.5. The maximum Gasteiger partial charge on any atom is 0.298 e. The van der Waals surface area contributed by atoms with Crippen molar-refractivity contribution in [2.45, 2.75) is 21.3 Å². The molecule has 29 heavy (non-hydrogen) atoms. The van der Waals surface area contributed by atoms with Gasteiger partial charge in [-0.1, -0.05) is 33.9 Å². The van der Waals surface area contributed by atoms with E-state index in [1.54, 1.807) is 19.2 Å². The van der Waals surface area contributed by atoms with Crippen LogP contribution in [0.1, 0.15) is 31.6 Å². The van der Waals surface area contributed by atoms with Gasteiger partial charge in [0, 0.05) is 32.2 Å². The molecule has 1 aliphatic rings. The molecule has 0 amide bonds. The Hall–Kier alpha value is -2.51. The van der Waals surface area contributed by atoms with Crippen molar-refractivity contribution < 1.29 is 13.9 Å². The number of nitrogens with one attached hydrogen (secondary N) is 1. The highest BCUT2D eigenvalue weighted by molar-refractivity contribution is 6.01. The molecule has 160 valence electrons. The van der Waals surface area contributed by atoms with Gasteiger partial charge in [-0.05, 0) is 30.7 Å². The summed E-state index contributed by atoms with van der Waals surface area (Å²) in [7, 11) is 3.72. The van der Waals surface area contributed by atoms with E-state index in [-0.39, 0.29) is 7.43 Å². The first-order valence-electron chi connectivity index (χ1n) is 9.48. The van der Waals surface area contributed by atoms with Gasteiger partial charge in [0.15, 0.2) is 11.9 Å². The molecule has 2 heterocycles. The normalized spacial score (nSPS) is 14.2. The number of para-hydroxylation sites is 1. The summed E-state index contributed by atoms with van der Waals surface area (Å²) in [6.07, 6.45) is 0.800. The fourth-order valence-electron chi connectivity index (χ4n) is 2.78. The van der Waals surface area contributed by atoms with Crippen LogP contribution in [0.25, 0.3) is 11.1 Å². The molecule has 0 aliphatic carbocycles. The second-order valence-corrected chi connectivity index (χ2v) is 6.79. The highest BCUT2D eigenvalue weighted by Crippen LogP contribution is 2.24. The number of carbonyl (C=O) groups is 1. The van der Waals surface area contributed by atoms with Gasteiger partial charge < -0.3 is 19.4 Å². The van der Waals surface area contributed by atoms with E-state index in [0.717, 1.165) is 37.2 Å². The molecule has 0 radical (unpaired) electrons. The third-order valence-electron chi connectivity index (χ3n) is 4.53. The van der Waals surface area contributed by atoms with Crippen molar-refractivity contribution in [3.8, 4) is 0 Å². The quantitative estimate of drug-likeness (QED) is 0.587. The van der Waals surface area contributed by atoms with Crippen molar-refractivity contribution in [1.29, 1.82) is 0 Å². The summed E-state index contributed by atoms with van der Waals surface area (Å²) >= 11 is 0. The lowest BCUT2D eigenvalue weighted by Gasteiger charge is -2.24. The summed E-state index contributed by atoms with van der Waals surface area (Å²) < 4.78 is 10.9. The van der Waals surface area contributed by atoms with Crippen LogP contribution >= 0.6 is 0 Å². The van der Waals surface area contributed by atoms with Crippen LogP contribution in [0.15, 0.2) is 39.8 Å². The number of aromatic nitrogens is 1. The number of fused-ring (bicyclic) bond motifs is 1. The maximum atomic E-state index is 10.9. The highest BCUT2D eigenvalue weighted by atomic mass is 16.5. The molecule has 1 aromatic carbocycles. The Labute approximate surface area is 173 Å². The third kappa shape index (κ3) is 6.51. The third-order valence-corrected chi connectivity index (χ3v) is 4.53. The Morgan fingerprint density at radius 1 is 1.38 bits per heavy atom. The number of hydrogen-bond acceptors (Lipinski definition) is 7. The lowest BCUT2D eigenvalue weighted by Crippen LogP contribution is -2.36. The Kier molecular flexibility index (Phi) is 10.3. The number of oxazole rings is 1. The van der Waals surface area contributed by atoms with Crippen LogP contribution in [0.3, 0.4) is 0 Å². The van der Waals surface area contributed by atoms with Crippen molar-refractivity contribution in [2.75, 3.05) is 51.8 Å². The number of morpholine rings is 1. The highest BCUT2D eigenvalue weighted by Gasteiger charge is 2.18. The van der Waals surface area contributed by atoms with Crippen molar-refractivity contribution in [3.05, 3.63) is 35.9 Å². The van der Waals surface area contributed by atoms with Gasteiger partial charge in [-0.2, -0.15) is 4.98 Å². The van der Waals surface area contributed by atoms with Crippen molar-refractivity contribution in [2.24, 2.45) is 10.9 Å².